The van der Waals surface area contributed by atoms with E-state index in [0.717, 1.165) is 5.56 Å². The van der Waals surface area contributed by atoms with Gasteiger partial charge in [0.25, 0.3) is 5.91 Å². The van der Waals surface area contributed by atoms with Crippen LogP contribution in [0.3, 0.4) is 0 Å². The van der Waals surface area contributed by atoms with Crippen LogP contribution in [0.25, 0.3) is 0 Å². The van der Waals surface area contributed by atoms with Crippen molar-refractivity contribution in [1.82, 2.24) is 0 Å². The molecule has 4 nitrogen and oxygen atoms in total. The van der Waals surface area contributed by atoms with Crippen molar-refractivity contribution in [2.75, 3.05) is 10.6 Å². The number of amides is 2. The third-order valence-corrected chi connectivity index (χ3v) is 7.16. The van der Waals surface area contributed by atoms with Crippen molar-refractivity contribution in [3.05, 3.63) is 92.4 Å². The van der Waals surface area contributed by atoms with E-state index in [1.165, 1.54) is 0 Å². The number of carbonyl (C=O) groups excluding carboxylic acids is 2. The fourth-order valence-corrected chi connectivity index (χ4v) is 5.29. The molecule has 3 aromatic carbocycles. The van der Waals surface area contributed by atoms with Gasteiger partial charge in [0, 0.05) is 27.2 Å². The van der Waals surface area contributed by atoms with Gasteiger partial charge in [-0.3, -0.25) is 9.59 Å². The minimum Gasteiger partial charge on any atom is -0.326 e. The second kappa shape index (κ2) is 9.36. The van der Waals surface area contributed by atoms with E-state index in [4.69, 9.17) is 58.0 Å². The van der Waals surface area contributed by atoms with Crippen molar-refractivity contribution in [2.45, 2.75) is 17.2 Å². The number of aryl methyl sites for hydroxylation is 1. The Morgan fingerprint density at radius 1 is 0.879 bits per heavy atom. The highest BCUT2D eigenvalue weighted by molar-refractivity contribution is 6.53. The Hall–Kier alpha value is -1.95. The number of halogens is 5. The molecule has 1 saturated carbocycles. The Balaban J connectivity index is 1.51. The van der Waals surface area contributed by atoms with E-state index in [2.05, 4.69) is 10.6 Å². The molecule has 0 bridgehead atoms. The molecule has 0 aromatic heterocycles. The molecule has 0 heterocycles. The fourth-order valence-electron chi connectivity index (χ4n) is 3.76. The minimum atomic E-state index is -1.30. The maximum atomic E-state index is 13.0. The normalized spacial score (nSPS) is 18.5. The fraction of sp³-hybridized carbons (Fsp3) is 0.167. The summed E-state index contributed by atoms with van der Waals surface area (Å²) in [4.78, 5) is 25.6. The molecule has 0 radical (unpaired) electrons. The summed E-state index contributed by atoms with van der Waals surface area (Å²) in [6.45, 7) is 1.84. The van der Waals surface area contributed by atoms with E-state index in [0.29, 0.717) is 37.6 Å². The highest BCUT2D eigenvalue weighted by Gasteiger charge is 2.67. The predicted octanol–water partition coefficient (Wildman–Crippen LogP) is 7.73. The van der Waals surface area contributed by atoms with Gasteiger partial charge in [0.2, 0.25) is 5.91 Å². The van der Waals surface area contributed by atoms with E-state index < -0.39 is 16.2 Å². The van der Waals surface area contributed by atoms with Crippen LogP contribution >= 0.6 is 58.0 Å². The lowest BCUT2D eigenvalue weighted by atomic mass is 10.1. The molecule has 1 aliphatic rings. The van der Waals surface area contributed by atoms with E-state index >= 15 is 0 Å². The van der Waals surface area contributed by atoms with Crippen LogP contribution < -0.4 is 10.6 Å². The van der Waals surface area contributed by atoms with Gasteiger partial charge < -0.3 is 10.6 Å². The molecule has 170 valence electrons. The van der Waals surface area contributed by atoms with Gasteiger partial charge in [0.15, 0.2) is 0 Å². The minimum absolute atomic E-state index is 0.306. The van der Waals surface area contributed by atoms with Crippen molar-refractivity contribution in [2.24, 2.45) is 5.92 Å². The molecular weight excluding hydrogens is 526 g/mol. The van der Waals surface area contributed by atoms with E-state index in [1.807, 2.05) is 19.1 Å². The van der Waals surface area contributed by atoms with E-state index in [9.17, 15) is 9.59 Å². The van der Waals surface area contributed by atoms with Crippen molar-refractivity contribution in [3.8, 4) is 0 Å². The summed E-state index contributed by atoms with van der Waals surface area (Å²) in [5.41, 5.74) is 2.83. The standard InChI is InChI=1S/C24H17Cl5N2O2/c1-12-4-2-3-5-17(12)22(32)31-19-11-16(6-7-18(19)27)30-23(33)21-20(24(21,28)29)13-8-14(25)10-15(26)9-13/h2-11,20-21H,1H3,(H,30,33)(H,31,32)/t20-,21+/m0/s1. The molecule has 33 heavy (non-hydrogen) atoms. The monoisotopic (exact) mass is 540 g/mol. The van der Waals surface area contributed by atoms with Crippen molar-refractivity contribution >= 4 is 81.2 Å². The first kappa shape index (κ1) is 24.2. The maximum absolute atomic E-state index is 13.0. The molecule has 2 amide bonds. The molecule has 0 unspecified atom stereocenters. The topological polar surface area (TPSA) is 58.2 Å². The van der Waals surface area contributed by atoms with Gasteiger partial charge in [0.1, 0.15) is 4.33 Å². The summed E-state index contributed by atoms with van der Waals surface area (Å²) in [7, 11) is 0. The van der Waals surface area contributed by atoms with Crippen LogP contribution in [0.5, 0.6) is 0 Å². The highest BCUT2D eigenvalue weighted by atomic mass is 35.5. The molecule has 3 aromatic rings. The number of carbonyl (C=O) groups is 2. The first-order valence-electron chi connectivity index (χ1n) is 9.89. The van der Waals surface area contributed by atoms with Crippen molar-refractivity contribution < 1.29 is 9.59 Å². The molecule has 4 rings (SSSR count). The molecule has 0 spiro atoms. The summed E-state index contributed by atoms with van der Waals surface area (Å²) < 4.78 is -1.30. The first-order valence-corrected chi connectivity index (χ1v) is 11.8. The number of hydrogen-bond acceptors (Lipinski definition) is 2. The molecule has 1 aliphatic carbocycles. The SMILES string of the molecule is Cc1ccccc1C(=O)Nc1cc(NC(=O)[C@H]2[C@H](c3cc(Cl)cc(Cl)c3)C2(Cl)Cl)ccc1Cl. The Bertz CT molecular complexity index is 1240. The number of benzene rings is 3. The molecular formula is C24H17Cl5N2O2. The van der Waals surface area contributed by atoms with Crippen LogP contribution in [0, 0.1) is 12.8 Å². The number of nitrogens with one attached hydrogen (secondary N) is 2. The quantitative estimate of drug-likeness (QED) is 0.324. The van der Waals surface area contributed by atoms with Gasteiger partial charge in [0.05, 0.1) is 16.6 Å². The summed E-state index contributed by atoms with van der Waals surface area (Å²) >= 11 is 31.3. The van der Waals surface area contributed by atoms with Gasteiger partial charge in [-0.05, 0) is 60.5 Å². The molecule has 1 fully saturated rings. The number of anilines is 2. The van der Waals surface area contributed by atoms with Gasteiger partial charge in [-0.15, -0.1) is 23.2 Å². The summed E-state index contributed by atoms with van der Waals surface area (Å²) in [5.74, 6) is -1.86. The maximum Gasteiger partial charge on any atom is 0.255 e. The largest absolute Gasteiger partial charge is 0.326 e. The van der Waals surface area contributed by atoms with Gasteiger partial charge >= 0.3 is 0 Å². The molecule has 2 N–H and O–H groups in total. The van der Waals surface area contributed by atoms with Gasteiger partial charge in [-0.1, -0.05) is 53.0 Å². The molecule has 0 aliphatic heterocycles. The molecule has 9 heteroatoms. The van der Waals surface area contributed by atoms with Crippen LogP contribution in [0.2, 0.25) is 15.1 Å². The smallest absolute Gasteiger partial charge is 0.255 e. The second-order valence-electron chi connectivity index (χ2n) is 7.79. The summed E-state index contributed by atoms with van der Waals surface area (Å²) in [6, 6.07) is 17.0. The average Bonchev–Trinajstić information content (AvgIpc) is 3.32. The first-order chi connectivity index (χ1) is 15.6. The lowest BCUT2D eigenvalue weighted by molar-refractivity contribution is -0.117. The Morgan fingerprint density at radius 2 is 1.55 bits per heavy atom. The van der Waals surface area contributed by atoms with Crippen molar-refractivity contribution in [3.63, 3.8) is 0 Å². The van der Waals surface area contributed by atoms with Crippen molar-refractivity contribution in [1.29, 1.82) is 0 Å². The van der Waals surface area contributed by atoms with Crippen LogP contribution in [-0.4, -0.2) is 16.1 Å². The highest BCUT2D eigenvalue weighted by Crippen LogP contribution is 2.65. The second-order valence-corrected chi connectivity index (χ2v) is 10.5. The van der Waals surface area contributed by atoms with Gasteiger partial charge in [-0.2, -0.15) is 0 Å². The zero-order chi connectivity index (χ0) is 23.9. The zero-order valence-electron chi connectivity index (χ0n) is 17.1. The molecule has 0 saturated heterocycles. The third kappa shape index (κ3) is 5.11. The Labute approximate surface area is 216 Å². The third-order valence-electron chi connectivity index (χ3n) is 5.45. The van der Waals surface area contributed by atoms with Crippen LogP contribution in [0.4, 0.5) is 11.4 Å². The lowest BCUT2D eigenvalue weighted by Crippen LogP contribution is -2.18. The Morgan fingerprint density at radius 3 is 2.21 bits per heavy atom. The lowest BCUT2D eigenvalue weighted by Gasteiger charge is -2.12. The van der Waals surface area contributed by atoms with Crippen LogP contribution in [-0.2, 0) is 4.79 Å². The summed E-state index contributed by atoms with van der Waals surface area (Å²) in [6.07, 6.45) is 0. The number of hydrogen-bond donors (Lipinski definition) is 2. The summed E-state index contributed by atoms with van der Waals surface area (Å²) in [5, 5.41) is 6.77. The van der Waals surface area contributed by atoms with Gasteiger partial charge in [-0.25, -0.2) is 0 Å². The molecule has 2 atom stereocenters. The zero-order valence-corrected chi connectivity index (χ0v) is 20.9. The van der Waals surface area contributed by atoms with Crippen LogP contribution in [0.15, 0.2) is 60.7 Å². The predicted molar refractivity (Wildman–Crippen MR) is 136 cm³/mol. The number of alkyl halides is 2. The number of rotatable bonds is 5. The van der Waals surface area contributed by atoms with E-state index in [1.54, 1.807) is 48.5 Å². The average molecular weight is 543 g/mol. The van der Waals surface area contributed by atoms with Crippen LogP contribution in [0.1, 0.15) is 27.4 Å². The van der Waals surface area contributed by atoms with E-state index in [-0.39, 0.29) is 11.8 Å². The Kier molecular flexibility index (Phi) is 6.86.